The summed E-state index contributed by atoms with van der Waals surface area (Å²) in [5.41, 5.74) is 0. The minimum Gasteiger partial charge on any atom is -0.466 e. The highest BCUT2D eigenvalue weighted by Gasteiger charge is 2.40. The van der Waals surface area contributed by atoms with E-state index in [-0.39, 0.29) is 24.5 Å². The third-order valence-electron chi connectivity index (χ3n) is 3.73. The summed E-state index contributed by atoms with van der Waals surface area (Å²) in [4.78, 5) is 34.5. The Balaban J connectivity index is 4.98. The molecule has 0 heterocycles. The number of rotatable bonds is 7. The number of carbonyl (C=O) groups excluding carboxylic acids is 3. The lowest BCUT2D eigenvalue weighted by atomic mass is 10.2. The van der Waals surface area contributed by atoms with Gasteiger partial charge in [0.2, 0.25) is 0 Å². The number of methoxy groups -OCH3 is 1. The summed E-state index contributed by atoms with van der Waals surface area (Å²) in [6.45, 7) is 12.1. The van der Waals surface area contributed by atoms with Crippen LogP contribution >= 0.6 is 0 Å². The van der Waals surface area contributed by atoms with Crippen molar-refractivity contribution in [3.63, 3.8) is 0 Å². The second kappa shape index (κ2) is 9.02. The molecule has 0 bridgehead atoms. The predicted octanol–water partition coefficient (Wildman–Crippen LogP) is 3.03. The van der Waals surface area contributed by atoms with Gasteiger partial charge in [-0.1, -0.05) is 20.8 Å². The van der Waals surface area contributed by atoms with Gasteiger partial charge in [0, 0.05) is 0 Å². The number of ether oxygens (including phenoxy) is 3. The molecule has 0 aliphatic rings. The van der Waals surface area contributed by atoms with E-state index in [1.54, 1.807) is 6.92 Å². The van der Waals surface area contributed by atoms with Gasteiger partial charge in [0.1, 0.15) is 0 Å². The minimum atomic E-state index is -2.20. The normalized spacial score (nSPS) is 13.2. The molecule has 0 aromatic heterocycles. The van der Waals surface area contributed by atoms with E-state index in [1.165, 1.54) is 0 Å². The van der Waals surface area contributed by atoms with Crippen LogP contribution in [-0.2, 0) is 28.2 Å². The first-order valence-corrected chi connectivity index (χ1v) is 10.5. The zero-order valence-electron chi connectivity index (χ0n) is 15.1. The van der Waals surface area contributed by atoms with Crippen LogP contribution in [0.1, 0.15) is 40.5 Å². The smallest absolute Gasteiger partial charge is 0.466 e. The highest BCUT2D eigenvalue weighted by molar-refractivity contribution is 6.74. The van der Waals surface area contributed by atoms with Gasteiger partial charge < -0.3 is 18.6 Å². The van der Waals surface area contributed by atoms with Crippen LogP contribution in [0, 0.1) is 0 Å². The highest BCUT2D eigenvalue weighted by atomic mass is 28.4. The Bertz CT molecular complexity index is 426. The van der Waals surface area contributed by atoms with Gasteiger partial charge in [-0.2, -0.15) is 0 Å². The van der Waals surface area contributed by atoms with Gasteiger partial charge in [0.15, 0.2) is 8.32 Å². The summed E-state index contributed by atoms with van der Waals surface area (Å²) in [5, 5.41) is -0.0911. The Kier molecular flexibility index (Phi) is 8.47. The first-order valence-electron chi connectivity index (χ1n) is 7.55. The molecule has 1 atom stereocenters. The van der Waals surface area contributed by atoms with Crippen LogP contribution in [0.3, 0.4) is 0 Å². The molecule has 0 fully saturated rings. The van der Waals surface area contributed by atoms with E-state index in [2.05, 4.69) is 9.47 Å². The van der Waals surface area contributed by atoms with Crippen molar-refractivity contribution in [2.75, 3.05) is 13.7 Å². The molecule has 0 aliphatic carbocycles. The molecule has 0 amide bonds. The second-order valence-corrected chi connectivity index (χ2v) is 11.4. The molecule has 0 aliphatic heterocycles. The Morgan fingerprint density at radius 1 is 1.04 bits per heavy atom. The fourth-order valence-electron chi connectivity index (χ4n) is 1.52. The van der Waals surface area contributed by atoms with Crippen molar-refractivity contribution < 1.29 is 33.0 Å². The van der Waals surface area contributed by atoms with Gasteiger partial charge in [-0.15, -0.1) is 0 Å². The molecule has 0 N–H and O–H groups in total. The summed E-state index contributed by atoms with van der Waals surface area (Å²) >= 11 is 0. The van der Waals surface area contributed by atoms with Crippen molar-refractivity contribution >= 4 is 26.4 Å². The largest absolute Gasteiger partial charge is 0.515 e. The average molecular weight is 348 g/mol. The first kappa shape index (κ1) is 21.6. The molecule has 0 rings (SSSR count). The van der Waals surface area contributed by atoms with Crippen molar-refractivity contribution in [1.82, 2.24) is 0 Å². The summed E-state index contributed by atoms with van der Waals surface area (Å²) in [6.07, 6.45) is -2.08. The SMILES string of the molecule is CCOC(=O)C[C@@H](CC(=O)OC(=O)OC)O[Si](C)(C)C(C)(C)C. The quantitative estimate of drug-likeness (QED) is 0.397. The number of esters is 2. The van der Waals surface area contributed by atoms with Gasteiger partial charge >= 0.3 is 18.1 Å². The maximum Gasteiger partial charge on any atom is 0.515 e. The summed E-state index contributed by atoms with van der Waals surface area (Å²) in [5.74, 6) is -1.26. The van der Waals surface area contributed by atoms with Crippen LogP contribution in [0.2, 0.25) is 18.1 Å². The second-order valence-electron chi connectivity index (χ2n) is 6.64. The van der Waals surface area contributed by atoms with E-state index in [9.17, 15) is 14.4 Å². The molecule has 0 aromatic carbocycles. The molecular weight excluding hydrogens is 320 g/mol. The van der Waals surface area contributed by atoms with Crippen LogP contribution in [0.15, 0.2) is 0 Å². The van der Waals surface area contributed by atoms with Gasteiger partial charge in [0.25, 0.3) is 0 Å². The van der Waals surface area contributed by atoms with Crippen LogP contribution in [-0.4, -0.2) is 46.2 Å². The molecule has 0 spiro atoms. The Morgan fingerprint density at radius 3 is 2.00 bits per heavy atom. The number of hydrogen-bond acceptors (Lipinski definition) is 7. The molecule has 8 heteroatoms. The van der Waals surface area contributed by atoms with Crippen molar-refractivity contribution in [1.29, 1.82) is 0 Å². The van der Waals surface area contributed by atoms with E-state index >= 15 is 0 Å². The lowest BCUT2D eigenvalue weighted by Gasteiger charge is -2.38. The van der Waals surface area contributed by atoms with E-state index in [0.29, 0.717) is 0 Å². The van der Waals surface area contributed by atoms with Crippen molar-refractivity contribution in [3.8, 4) is 0 Å². The van der Waals surface area contributed by atoms with Crippen LogP contribution < -0.4 is 0 Å². The van der Waals surface area contributed by atoms with Gasteiger partial charge in [-0.3, -0.25) is 9.59 Å². The van der Waals surface area contributed by atoms with Gasteiger partial charge in [0.05, 0.1) is 32.7 Å². The maximum absolute atomic E-state index is 11.8. The molecule has 7 nitrogen and oxygen atoms in total. The summed E-state index contributed by atoms with van der Waals surface area (Å²) < 4.78 is 19.7. The van der Waals surface area contributed by atoms with E-state index in [1.807, 2.05) is 33.9 Å². The van der Waals surface area contributed by atoms with Crippen LogP contribution in [0.25, 0.3) is 0 Å². The Morgan fingerprint density at radius 2 is 1.57 bits per heavy atom. The minimum absolute atomic E-state index is 0.0728. The predicted molar refractivity (Wildman–Crippen MR) is 86.4 cm³/mol. The molecule has 0 unspecified atom stereocenters. The Labute approximate surface area is 138 Å². The van der Waals surface area contributed by atoms with Crippen molar-refractivity contribution in [3.05, 3.63) is 0 Å². The summed E-state index contributed by atoms with van der Waals surface area (Å²) in [7, 11) is -1.10. The monoisotopic (exact) mass is 348 g/mol. The molecule has 0 saturated carbocycles. The van der Waals surface area contributed by atoms with E-state index in [4.69, 9.17) is 9.16 Å². The average Bonchev–Trinajstić information content (AvgIpc) is 2.36. The molecule has 23 heavy (non-hydrogen) atoms. The molecule has 0 radical (unpaired) electrons. The topological polar surface area (TPSA) is 88.1 Å². The fourth-order valence-corrected chi connectivity index (χ4v) is 2.87. The maximum atomic E-state index is 11.8. The summed E-state index contributed by atoms with van der Waals surface area (Å²) in [6, 6.07) is 0. The number of hydrogen-bond donors (Lipinski definition) is 0. The lowest BCUT2D eigenvalue weighted by Crippen LogP contribution is -2.45. The van der Waals surface area contributed by atoms with Gasteiger partial charge in [-0.25, -0.2) is 4.79 Å². The molecule has 0 saturated heterocycles. The number of carbonyl (C=O) groups is 3. The third kappa shape index (κ3) is 8.12. The highest BCUT2D eigenvalue weighted by Crippen LogP contribution is 2.38. The van der Waals surface area contributed by atoms with Crippen LogP contribution in [0.4, 0.5) is 4.79 Å². The van der Waals surface area contributed by atoms with Crippen LogP contribution in [0.5, 0.6) is 0 Å². The zero-order valence-corrected chi connectivity index (χ0v) is 16.1. The van der Waals surface area contributed by atoms with E-state index in [0.717, 1.165) is 7.11 Å². The van der Waals surface area contributed by atoms with Crippen molar-refractivity contribution in [2.24, 2.45) is 0 Å². The third-order valence-corrected chi connectivity index (χ3v) is 8.26. The zero-order chi connectivity index (χ0) is 18.3. The standard InChI is InChI=1S/C15H28O7Si/c1-8-20-12(16)9-11(10-13(17)21-14(18)19-5)22-23(6,7)15(2,3)4/h11H,8-10H2,1-7H3/t11-/m0/s1. The fraction of sp³-hybridized carbons (Fsp3) is 0.800. The lowest BCUT2D eigenvalue weighted by molar-refractivity contribution is -0.146. The Hall–Kier alpha value is -1.41. The van der Waals surface area contributed by atoms with Gasteiger partial charge in [-0.05, 0) is 25.1 Å². The molecule has 134 valence electrons. The van der Waals surface area contributed by atoms with Crippen molar-refractivity contribution in [2.45, 2.75) is 64.8 Å². The molecular formula is C15H28O7Si. The van der Waals surface area contributed by atoms with E-state index < -0.39 is 32.5 Å². The first-order chi connectivity index (χ1) is 10.4. The molecule has 0 aromatic rings.